The molecule has 0 unspecified atom stereocenters. The van der Waals surface area contributed by atoms with E-state index in [2.05, 4.69) is 10.6 Å². The summed E-state index contributed by atoms with van der Waals surface area (Å²) in [5, 5.41) is 14.3. The largest absolute Gasteiger partial charge is 0.493 e. The van der Waals surface area contributed by atoms with E-state index in [1.807, 2.05) is 6.92 Å². The van der Waals surface area contributed by atoms with Crippen molar-refractivity contribution in [2.75, 3.05) is 26.1 Å². The second-order valence-corrected chi connectivity index (χ2v) is 3.94. The van der Waals surface area contributed by atoms with Crippen LogP contribution in [0.3, 0.4) is 0 Å². The first kappa shape index (κ1) is 15.6. The van der Waals surface area contributed by atoms with Gasteiger partial charge in [0.1, 0.15) is 0 Å². The number of anilines is 1. The lowest BCUT2D eigenvalue weighted by Gasteiger charge is -2.14. The van der Waals surface area contributed by atoms with Gasteiger partial charge >= 0.3 is 12.0 Å². The van der Waals surface area contributed by atoms with E-state index < -0.39 is 12.0 Å². The summed E-state index contributed by atoms with van der Waals surface area (Å²) >= 11 is 0. The fraction of sp³-hybridized carbons (Fsp3) is 0.385. The van der Waals surface area contributed by atoms with Gasteiger partial charge in [-0.15, -0.1) is 0 Å². The van der Waals surface area contributed by atoms with Gasteiger partial charge in [-0.25, -0.2) is 9.59 Å². The number of amides is 2. The first-order chi connectivity index (χ1) is 9.53. The highest BCUT2D eigenvalue weighted by Gasteiger charge is 2.17. The normalized spacial score (nSPS) is 9.75. The Morgan fingerprint density at radius 3 is 2.30 bits per heavy atom. The summed E-state index contributed by atoms with van der Waals surface area (Å²) in [6.45, 7) is 2.42. The predicted octanol–water partition coefficient (Wildman–Crippen LogP) is 1.93. The molecule has 1 rings (SSSR count). The fourth-order valence-corrected chi connectivity index (χ4v) is 1.56. The fourth-order valence-electron chi connectivity index (χ4n) is 1.56. The van der Waals surface area contributed by atoms with Crippen molar-refractivity contribution in [2.45, 2.75) is 13.3 Å². The number of benzene rings is 1. The van der Waals surface area contributed by atoms with Crippen molar-refractivity contribution in [3.8, 4) is 11.5 Å². The van der Waals surface area contributed by atoms with Gasteiger partial charge in [-0.2, -0.15) is 0 Å². The quantitative estimate of drug-likeness (QED) is 0.740. The first-order valence-electron chi connectivity index (χ1n) is 6.07. The third-order valence-corrected chi connectivity index (χ3v) is 2.54. The van der Waals surface area contributed by atoms with Gasteiger partial charge in [0.05, 0.1) is 25.5 Å². The molecule has 7 heteroatoms. The molecule has 0 fully saturated rings. The number of ether oxygens (including phenoxy) is 2. The van der Waals surface area contributed by atoms with E-state index in [1.165, 1.54) is 26.4 Å². The van der Waals surface area contributed by atoms with Crippen molar-refractivity contribution in [1.82, 2.24) is 5.32 Å². The summed E-state index contributed by atoms with van der Waals surface area (Å²) in [7, 11) is 2.84. The molecule has 0 atom stereocenters. The van der Waals surface area contributed by atoms with E-state index in [0.717, 1.165) is 6.42 Å². The van der Waals surface area contributed by atoms with Crippen LogP contribution in [0.2, 0.25) is 0 Å². The molecule has 0 spiro atoms. The van der Waals surface area contributed by atoms with Crippen LogP contribution in [0.15, 0.2) is 12.1 Å². The standard InChI is InChI=1S/C13H18N2O5/c1-4-5-14-13(18)15-9-7-11(20-3)10(19-2)6-8(9)12(16)17/h6-7H,4-5H2,1-3H3,(H,16,17)(H2,14,15,18). The molecule has 0 bridgehead atoms. The molecule has 2 amide bonds. The Morgan fingerprint density at radius 1 is 1.20 bits per heavy atom. The zero-order valence-corrected chi connectivity index (χ0v) is 11.6. The Morgan fingerprint density at radius 2 is 1.80 bits per heavy atom. The van der Waals surface area contributed by atoms with Gasteiger partial charge in [0.15, 0.2) is 11.5 Å². The van der Waals surface area contributed by atoms with Gasteiger partial charge in [0.25, 0.3) is 0 Å². The number of nitrogens with one attached hydrogen (secondary N) is 2. The van der Waals surface area contributed by atoms with Crippen molar-refractivity contribution in [1.29, 1.82) is 0 Å². The van der Waals surface area contributed by atoms with Gasteiger partial charge in [0, 0.05) is 18.7 Å². The van der Waals surface area contributed by atoms with Gasteiger partial charge in [0.2, 0.25) is 0 Å². The molecule has 0 aliphatic heterocycles. The molecule has 0 radical (unpaired) electrons. The van der Waals surface area contributed by atoms with Crippen molar-refractivity contribution < 1.29 is 24.2 Å². The Balaban J connectivity index is 3.09. The lowest BCUT2D eigenvalue weighted by atomic mass is 10.1. The second-order valence-electron chi connectivity index (χ2n) is 3.94. The van der Waals surface area contributed by atoms with Crippen LogP contribution in [0, 0.1) is 0 Å². The van der Waals surface area contributed by atoms with E-state index in [0.29, 0.717) is 12.3 Å². The molecule has 1 aromatic carbocycles. The average Bonchev–Trinajstić information content (AvgIpc) is 2.44. The molecule has 0 saturated carbocycles. The summed E-state index contributed by atoms with van der Waals surface area (Å²) in [4.78, 5) is 22.8. The van der Waals surface area contributed by atoms with Crippen LogP contribution in [-0.2, 0) is 0 Å². The van der Waals surface area contributed by atoms with Crippen LogP contribution >= 0.6 is 0 Å². The van der Waals surface area contributed by atoms with Gasteiger partial charge in [-0.05, 0) is 6.42 Å². The summed E-state index contributed by atoms with van der Waals surface area (Å²) in [6, 6.07) is 2.24. The lowest BCUT2D eigenvalue weighted by Crippen LogP contribution is -2.29. The molecular weight excluding hydrogens is 264 g/mol. The first-order valence-corrected chi connectivity index (χ1v) is 6.07. The smallest absolute Gasteiger partial charge is 0.337 e. The van der Waals surface area contributed by atoms with Crippen LogP contribution < -0.4 is 20.1 Å². The molecule has 0 saturated heterocycles. The van der Waals surface area contributed by atoms with Crippen molar-refractivity contribution in [3.05, 3.63) is 17.7 Å². The number of hydrogen-bond donors (Lipinski definition) is 3. The Labute approximate surface area is 116 Å². The molecule has 7 nitrogen and oxygen atoms in total. The highest BCUT2D eigenvalue weighted by Crippen LogP contribution is 2.33. The SMILES string of the molecule is CCCNC(=O)Nc1cc(OC)c(OC)cc1C(=O)O. The van der Waals surface area contributed by atoms with Gasteiger partial charge < -0.3 is 25.2 Å². The molecule has 0 aliphatic rings. The molecule has 0 heterocycles. The second kappa shape index (κ2) is 7.22. The Bertz CT molecular complexity index is 502. The van der Waals surface area contributed by atoms with Crippen LogP contribution in [0.1, 0.15) is 23.7 Å². The monoisotopic (exact) mass is 282 g/mol. The third-order valence-electron chi connectivity index (χ3n) is 2.54. The maximum Gasteiger partial charge on any atom is 0.337 e. The molecule has 0 aliphatic carbocycles. The van der Waals surface area contributed by atoms with E-state index in [1.54, 1.807) is 0 Å². The molecule has 0 aromatic heterocycles. The van der Waals surface area contributed by atoms with Gasteiger partial charge in [-0.1, -0.05) is 6.92 Å². The van der Waals surface area contributed by atoms with Crippen molar-refractivity contribution >= 4 is 17.7 Å². The topological polar surface area (TPSA) is 96.9 Å². The van der Waals surface area contributed by atoms with E-state index in [-0.39, 0.29) is 17.0 Å². The number of urea groups is 1. The number of rotatable bonds is 6. The summed E-state index contributed by atoms with van der Waals surface area (Å²) in [6.07, 6.45) is 0.783. The van der Waals surface area contributed by atoms with Crippen LogP contribution in [0.5, 0.6) is 11.5 Å². The summed E-state index contributed by atoms with van der Waals surface area (Å²) in [5.41, 5.74) is 0.0676. The van der Waals surface area contributed by atoms with E-state index >= 15 is 0 Å². The van der Waals surface area contributed by atoms with Crippen LogP contribution in [0.25, 0.3) is 0 Å². The number of carbonyl (C=O) groups excluding carboxylic acids is 1. The Kier molecular flexibility index (Phi) is 5.64. The molecule has 3 N–H and O–H groups in total. The van der Waals surface area contributed by atoms with Crippen LogP contribution in [-0.4, -0.2) is 37.9 Å². The lowest BCUT2D eigenvalue weighted by molar-refractivity contribution is 0.0697. The third kappa shape index (κ3) is 3.78. The average molecular weight is 282 g/mol. The molecule has 1 aromatic rings. The van der Waals surface area contributed by atoms with Crippen molar-refractivity contribution in [3.63, 3.8) is 0 Å². The maximum atomic E-state index is 11.6. The molecule has 110 valence electrons. The summed E-state index contributed by atoms with van der Waals surface area (Å²) in [5.74, 6) is -0.551. The Hall–Kier alpha value is -2.44. The number of carbonyl (C=O) groups is 2. The summed E-state index contributed by atoms with van der Waals surface area (Å²) < 4.78 is 10.1. The predicted molar refractivity (Wildman–Crippen MR) is 73.8 cm³/mol. The van der Waals surface area contributed by atoms with Gasteiger partial charge in [-0.3, -0.25) is 0 Å². The highest BCUT2D eigenvalue weighted by atomic mass is 16.5. The number of aromatic carboxylic acids is 1. The number of methoxy groups -OCH3 is 2. The zero-order valence-electron chi connectivity index (χ0n) is 11.6. The maximum absolute atomic E-state index is 11.6. The molecular formula is C13H18N2O5. The highest BCUT2D eigenvalue weighted by molar-refractivity contribution is 6.01. The number of hydrogen-bond acceptors (Lipinski definition) is 4. The number of carboxylic acid groups (broad SMARTS) is 1. The zero-order chi connectivity index (χ0) is 15.1. The van der Waals surface area contributed by atoms with E-state index in [4.69, 9.17) is 9.47 Å². The van der Waals surface area contributed by atoms with E-state index in [9.17, 15) is 14.7 Å². The minimum absolute atomic E-state index is 0.0747. The number of carboxylic acids is 1. The van der Waals surface area contributed by atoms with Crippen molar-refractivity contribution in [2.24, 2.45) is 0 Å². The van der Waals surface area contributed by atoms with Crippen LogP contribution in [0.4, 0.5) is 10.5 Å². The minimum atomic E-state index is -1.17. The minimum Gasteiger partial charge on any atom is -0.493 e. The molecule has 20 heavy (non-hydrogen) atoms.